The van der Waals surface area contributed by atoms with Crippen molar-refractivity contribution in [1.82, 2.24) is 15.2 Å². The number of aryl methyl sites for hydroxylation is 2. The molecule has 3 aliphatic heterocycles. The predicted molar refractivity (Wildman–Crippen MR) is 189 cm³/mol. The van der Waals surface area contributed by atoms with Crippen molar-refractivity contribution in [3.63, 3.8) is 0 Å². The minimum absolute atomic E-state index is 0.0342. The van der Waals surface area contributed by atoms with E-state index >= 15 is 0 Å². The number of nitrogens with zero attached hydrogens (tertiary/aromatic N) is 3. The Morgan fingerprint density at radius 1 is 1.04 bits per heavy atom. The molecule has 4 heterocycles. The van der Waals surface area contributed by atoms with Crippen molar-refractivity contribution in [3.05, 3.63) is 80.3 Å². The van der Waals surface area contributed by atoms with Gasteiger partial charge in [-0.3, -0.25) is 14.4 Å². The highest BCUT2D eigenvalue weighted by Gasteiger charge is 2.51. The number of carbonyl (C=O) groups excluding carboxylic acids is 3. The molecule has 2 fully saturated rings. The van der Waals surface area contributed by atoms with E-state index in [9.17, 15) is 19.2 Å². The Morgan fingerprint density at radius 2 is 1.76 bits per heavy atom. The van der Waals surface area contributed by atoms with Gasteiger partial charge >= 0.3 is 6.09 Å². The van der Waals surface area contributed by atoms with E-state index in [0.29, 0.717) is 50.3 Å². The molecule has 1 spiro atoms. The summed E-state index contributed by atoms with van der Waals surface area (Å²) in [6.07, 6.45) is 2.47. The van der Waals surface area contributed by atoms with Crippen molar-refractivity contribution in [3.8, 4) is 11.1 Å². The molecular formula is C38H47N5O6. The van der Waals surface area contributed by atoms with Crippen LogP contribution in [0.1, 0.15) is 70.9 Å². The van der Waals surface area contributed by atoms with E-state index in [1.54, 1.807) is 9.80 Å². The fourth-order valence-corrected chi connectivity index (χ4v) is 8.01. The van der Waals surface area contributed by atoms with Crippen molar-refractivity contribution < 1.29 is 23.9 Å². The van der Waals surface area contributed by atoms with Gasteiger partial charge in [-0.15, -0.1) is 0 Å². The lowest BCUT2D eigenvalue weighted by Crippen LogP contribution is -2.49. The van der Waals surface area contributed by atoms with Crippen LogP contribution in [0.4, 0.5) is 16.2 Å². The molecule has 2 saturated heterocycles. The highest BCUT2D eigenvalue weighted by molar-refractivity contribution is 6.08. The van der Waals surface area contributed by atoms with Crippen LogP contribution >= 0.6 is 0 Å². The number of aromatic amines is 1. The lowest BCUT2D eigenvalue weighted by Gasteiger charge is -2.37. The number of nitrogens with one attached hydrogen (secondary N) is 2. The smallest absolute Gasteiger partial charge is 0.409 e. The second-order valence-corrected chi connectivity index (χ2v) is 13.6. The van der Waals surface area contributed by atoms with Crippen molar-refractivity contribution in [2.45, 2.75) is 71.4 Å². The van der Waals surface area contributed by atoms with Crippen LogP contribution in [0.25, 0.3) is 11.1 Å². The molecule has 0 saturated carbocycles. The van der Waals surface area contributed by atoms with Crippen molar-refractivity contribution in [2.24, 2.45) is 0 Å². The normalized spacial score (nSPS) is 17.3. The maximum Gasteiger partial charge on any atom is 0.409 e. The largest absolute Gasteiger partial charge is 0.453 e. The van der Waals surface area contributed by atoms with Crippen LogP contribution in [0.3, 0.4) is 0 Å². The number of carbonyl (C=O) groups is 3. The molecule has 0 aliphatic carbocycles. The standard InChI is InChI=1S/C38H47N5O6/c1-7-43(28-10-16-49-17-11-28)32-21-27(19-29(25(32)4)34(44)39-22-30-23(2)18-24(3)40-35(30)45)26-8-9-31-33(20-26)41(5)36(46)38(31)12-14-42(15-13-38)37(47)48-6/h8-9,18-21,28H,7,10-17,22H2,1-6H3,(H,39,44)(H,40,45). The van der Waals surface area contributed by atoms with Crippen LogP contribution in [0.2, 0.25) is 0 Å². The number of fused-ring (bicyclic) bond motifs is 2. The second-order valence-electron chi connectivity index (χ2n) is 13.6. The van der Waals surface area contributed by atoms with Gasteiger partial charge in [0.05, 0.1) is 12.5 Å². The van der Waals surface area contributed by atoms with E-state index in [0.717, 1.165) is 64.3 Å². The van der Waals surface area contributed by atoms with Gasteiger partial charge < -0.3 is 34.5 Å². The van der Waals surface area contributed by atoms with Gasteiger partial charge in [-0.25, -0.2) is 4.79 Å². The fraction of sp³-hybridized carbons (Fsp3) is 0.474. The van der Waals surface area contributed by atoms with E-state index in [-0.39, 0.29) is 36.1 Å². The Morgan fingerprint density at radius 3 is 2.41 bits per heavy atom. The molecule has 3 aliphatic rings. The SMILES string of the molecule is CCN(c1cc(-c2ccc3c(c2)N(C)C(=O)C32CCN(C(=O)OC)CC2)cc(C(=O)NCc2c(C)cc(C)[nH]c2=O)c1C)C1CCOCC1. The highest BCUT2D eigenvalue weighted by Crippen LogP contribution is 2.49. The van der Waals surface area contributed by atoms with Crippen LogP contribution in [0, 0.1) is 20.8 Å². The minimum Gasteiger partial charge on any atom is -0.453 e. The molecule has 0 radical (unpaired) electrons. The number of rotatable bonds is 7. The molecule has 0 bridgehead atoms. The number of methoxy groups -OCH3 is 1. The number of ether oxygens (including phenoxy) is 2. The number of likely N-dealkylation sites (tertiary alicyclic amines) is 1. The fourth-order valence-electron chi connectivity index (χ4n) is 8.01. The van der Waals surface area contributed by atoms with Gasteiger partial charge in [0.2, 0.25) is 5.91 Å². The molecule has 0 unspecified atom stereocenters. The van der Waals surface area contributed by atoms with Gasteiger partial charge in [-0.2, -0.15) is 0 Å². The van der Waals surface area contributed by atoms with E-state index in [1.165, 1.54) is 7.11 Å². The topological polar surface area (TPSA) is 124 Å². The van der Waals surface area contributed by atoms with Gasteiger partial charge in [-0.1, -0.05) is 12.1 Å². The number of hydrogen-bond acceptors (Lipinski definition) is 7. The van der Waals surface area contributed by atoms with Crippen molar-refractivity contribution in [2.75, 3.05) is 56.8 Å². The van der Waals surface area contributed by atoms with Crippen LogP contribution in [-0.4, -0.2) is 80.8 Å². The monoisotopic (exact) mass is 669 g/mol. The lowest BCUT2D eigenvalue weighted by atomic mass is 9.73. The molecule has 6 rings (SSSR count). The zero-order valence-corrected chi connectivity index (χ0v) is 29.4. The summed E-state index contributed by atoms with van der Waals surface area (Å²) in [7, 11) is 3.18. The zero-order valence-electron chi connectivity index (χ0n) is 29.4. The van der Waals surface area contributed by atoms with Crippen molar-refractivity contribution >= 4 is 29.3 Å². The predicted octanol–water partition coefficient (Wildman–Crippen LogP) is 4.98. The van der Waals surface area contributed by atoms with Gasteiger partial charge in [-0.05, 0) is 105 Å². The molecule has 1 aromatic heterocycles. The van der Waals surface area contributed by atoms with Crippen LogP contribution in [-0.2, 0) is 26.2 Å². The number of pyridine rings is 1. The molecule has 2 aromatic carbocycles. The Balaban J connectivity index is 1.39. The maximum absolute atomic E-state index is 14.0. The third-order valence-corrected chi connectivity index (χ3v) is 10.8. The molecule has 260 valence electrons. The summed E-state index contributed by atoms with van der Waals surface area (Å²) < 4.78 is 10.6. The number of piperidine rings is 1. The third kappa shape index (κ3) is 6.20. The first kappa shape index (κ1) is 34.2. The summed E-state index contributed by atoms with van der Waals surface area (Å²) in [6, 6.07) is 12.4. The van der Waals surface area contributed by atoms with Crippen LogP contribution in [0.15, 0.2) is 41.2 Å². The first-order chi connectivity index (χ1) is 23.5. The number of hydrogen-bond donors (Lipinski definition) is 2. The third-order valence-electron chi connectivity index (χ3n) is 10.8. The summed E-state index contributed by atoms with van der Waals surface area (Å²) in [6.45, 7) is 11.0. The molecule has 2 N–H and O–H groups in total. The van der Waals surface area contributed by atoms with E-state index in [4.69, 9.17) is 9.47 Å². The van der Waals surface area contributed by atoms with E-state index in [1.807, 2.05) is 58.2 Å². The van der Waals surface area contributed by atoms with Gasteiger partial charge in [0.25, 0.3) is 11.5 Å². The van der Waals surface area contributed by atoms with Gasteiger partial charge in [0, 0.05) is 80.7 Å². The first-order valence-electron chi connectivity index (χ1n) is 17.2. The Bertz CT molecular complexity index is 1840. The van der Waals surface area contributed by atoms with E-state index in [2.05, 4.69) is 28.2 Å². The van der Waals surface area contributed by atoms with Crippen LogP contribution in [0.5, 0.6) is 0 Å². The molecular weight excluding hydrogens is 622 g/mol. The molecule has 11 heteroatoms. The molecule has 3 aromatic rings. The summed E-state index contributed by atoms with van der Waals surface area (Å²) >= 11 is 0. The zero-order chi connectivity index (χ0) is 35.0. The van der Waals surface area contributed by atoms with Crippen LogP contribution < -0.4 is 20.7 Å². The van der Waals surface area contributed by atoms with Gasteiger partial charge in [0.1, 0.15) is 0 Å². The van der Waals surface area contributed by atoms with Gasteiger partial charge in [0.15, 0.2) is 0 Å². The number of H-pyrrole nitrogens is 1. The Labute approximate surface area is 287 Å². The second kappa shape index (κ2) is 13.7. The lowest BCUT2D eigenvalue weighted by molar-refractivity contribution is -0.124. The summed E-state index contributed by atoms with van der Waals surface area (Å²) in [4.78, 5) is 61.3. The molecule has 11 nitrogen and oxygen atoms in total. The average Bonchev–Trinajstić information content (AvgIpc) is 3.30. The number of amides is 3. The maximum atomic E-state index is 14.0. The summed E-state index contributed by atoms with van der Waals surface area (Å²) in [5.74, 6) is -0.223. The Hall–Kier alpha value is -4.64. The van der Waals surface area contributed by atoms with E-state index < -0.39 is 5.41 Å². The van der Waals surface area contributed by atoms with Crippen molar-refractivity contribution in [1.29, 1.82) is 0 Å². The molecule has 0 atom stereocenters. The number of anilines is 2. The molecule has 3 amide bonds. The number of benzene rings is 2. The number of likely N-dealkylation sites (N-methyl/N-ethyl adjacent to an activating group) is 1. The highest BCUT2D eigenvalue weighted by atomic mass is 16.5. The number of aromatic nitrogens is 1. The quantitative estimate of drug-likeness (QED) is 0.364. The minimum atomic E-state index is -0.690. The molecule has 49 heavy (non-hydrogen) atoms. The summed E-state index contributed by atoms with van der Waals surface area (Å²) in [5, 5.41) is 3.02. The average molecular weight is 670 g/mol. The summed E-state index contributed by atoms with van der Waals surface area (Å²) in [5.41, 5.74) is 7.20. The Kier molecular flexibility index (Phi) is 9.57. The first-order valence-corrected chi connectivity index (χ1v) is 17.2.